The number of thiocarbonyl (C=S) groups is 1. The van der Waals surface area contributed by atoms with Crippen LogP contribution in [0.3, 0.4) is 0 Å². The molecular weight excluding hydrogens is 344 g/mol. The van der Waals surface area contributed by atoms with Crippen LogP contribution in [0.15, 0.2) is 41.1 Å². The first-order chi connectivity index (χ1) is 12.0. The summed E-state index contributed by atoms with van der Waals surface area (Å²) < 4.78 is 10.0. The lowest BCUT2D eigenvalue weighted by Gasteiger charge is -2.11. The lowest BCUT2D eigenvalue weighted by atomic mass is 10.0. The van der Waals surface area contributed by atoms with Gasteiger partial charge in [0.1, 0.15) is 5.75 Å². The summed E-state index contributed by atoms with van der Waals surface area (Å²) in [5, 5.41) is 5.64. The van der Waals surface area contributed by atoms with Gasteiger partial charge in [-0.1, -0.05) is 31.1 Å². The fraction of sp³-hybridized carbons (Fsp3) is 0.250. The molecule has 0 aliphatic carbocycles. The van der Waals surface area contributed by atoms with E-state index in [1.807, 2.05) is 12.1 Å². The number of benzene rings is 1. The maximum atomic E-state index is 11.7. The van der Waals surface area contributed by atoms with E-state index in [4.69, 9.17) is 17.0 Å². The van der Waals surface area contributed by atoms with Crippen molar-refractivity contribution in [2.24, 2.45) is 0 Å². The predicted octanol–water partition coefficient (Wildman–Crippen LogP) is 1.51. The maximum Gasteiger partial charge on any atom is 0.296 e. The lowest BCUT2D eigenvalue weighted by molar-refractivity contribution is -0.123. The minimum absolute atomic E-state index is 0.00338. The van der Waals surface area contributed by atoms with Gasteiger partial charge in [0.2, 0.25) is 5.76 Å². The van der Waals surface area contributed by atoms with E-state index in [1.165, 1.54) is 17.8 Å². The molecule has 0 fully saturated rings. The van der Waals surface area contributed by atoms with Gasteiger partial charge in [0.05, 0.1) is 6.20 Å². The molecule has 0 aliphatic rings. The van der Waals surface area contributed by atoms with Crippen LogP contribution in [0.1, 0.15) is 35.9 Å². The molecule has 0 radical (unpaired) electrons. The van der Waals surface area contributed by atoms with Gasteiger partial charge in [-0.15, -0.1) is 0 Å². The second-order valence-electron chi connectivity index (χ2n) is 5.35. The molecular formula is C16H18N4O4S. The molecule has 1 heterocycles. The minimum atomic E-state index is -0.578. The maximum absolute atomic E-state index is 11.7. The molecule has 0 spiro atoms. The number of hydrazine groups is 1. The molecule has 2 aromatic rings. The Hall–Kier alpha value is -2.94. The molecule has 0 bridgehead atoms. The number of amides is 2. The van der Waals surface area contributed by atoms with E-state index in [0.717, 1.165) is 0 Å². The summed E-state index contributed by atoms with van der Waals surface area (Å²) in [5.41, 5.74) is 5.90. The van der Waals surface area contributed by atoms with Crippen molar-refractivity contribution in [2.45, 2.75) is 19.8 Å². The van der Waals surface area contributed by atoms with Crippen LogP contribution in [0.4, 0.5) is 0 Å². The van der Waals surface area contributed by atoms with E-state index in [9.17, 15) is 9.59 Å². The van der Waals surface area contributed by atoms with E-state index in [-0.39, 0.29) is 17.5 Å². The fourth-order valence-electron chi connectivity index (χ4n) is 1.79. The largest absolute Gasteiger partial charge is 0.484 e. The van der Waals surface area contributed by atoms with E-state index in [2.05, 4.69) is 39.7 Å². The molecule has 2 rings (SSSR count). The number of aromatic nitrogens is 1. The van der Waals surface area contributed by atoms with E-state index < -0.39 is 11.8 Å². The zero-order valence-corrected chi connectivity index (χ0v) is 14.6. The van der Waals surface area contributed by atoms with Crippen LogP contribution >= 0.6 is 12.2 Å². The average molecular weight is 362 g/mol. The average Bonchev–Trinajstić information content (AvgIpc) is 3.13. The number of carbonyl (C=O) groups is 2. The highest BCUT2D eigenvalue weighted by Gasteiger charge is 2.12. The topological polar surface area (TPSA) is 105 Å². The molecule has 0 saturated carbocycles. The number of nitrogens with zero attached hydrogens (tertiary/aromatic N) is 1. The Bertz CT molecular complexity index is 729. The Morgan fingerprint density at radius 3 is 2.52 bits per heavy atom. The lowest BCUT2D eigenvalue weighted by Crippen LogP contribution is -2.49. The summed E-state index contributed by atoms with van der Waals surface area (Å²) in [7, 11) is 0. The SMILES string of the molecule is CC(C)c1ccc(OCC(=O)NNC(=S)NC(=O)c2ccno2)cc1. The first kappa shape index (κ1) is 18.4. The van der Waals surface area contributed by atoms with Crippen LogP contribution in [0.25, 0.3) is 0 Å². The van der Waals surface area contributed by atoms with Crippen LogP contribution in [0, 0.1) is 0 Å². The van der Waals surface area contributed by atoms with Gasteiger partial charge < -0.3 is 9.26 Å². The van der Waals surface area contributed by atoms with Gasteiger partial charge in [0, 0.05) is 6.07 Å². The van der Waals surface area contributed by atoms with Gasteiger partial charge in [0.25, 0.3) is 11.8 Å². The Labute approximate surface area is 149 Å². The van der Waals surface area contributed by atoms with Gasteiger partial charge in [-0.05, 0) is 35.8 Å². The quantitative estimate of drug-likeness (QED) is 0.547. The first-order valence-electron chi connectivity index (χ1n) is 7.49. The zero-order chi connectivity index (χ0) is 18.2. The van der Waals surface area contributed by atoms with Gasteiger partial charge in [0.15, 0.2) is 11.7 Å². The highest BCUT2D eigenvalue weighted by molar-refractivity contribution is 7.80. The highest BCUT2D eigenvalue weighted by atomic mass is 32.1. The predicted molar refractivity (Wildman–Crippen MR) is 93.9 cm³/mol. The molecule has 0 atom stereocenters. The summed E-state index contributed by atoms with van der Waals surface area (Å²) in [6, 6.07) is 8.89. The molecule has 3 N–H and O–H groups in total. The van der Waals surface area contributed by atoms with Crippen LogP contribution in [0.2, 0.25) is 0 Å². The number of hydrogen-bond donors (Lipinski definition) is 3. The van der Waals surface area contributed by atoms with Crippen molar-refractivity contribution in [3.05, 3.63) is 47.9 Å². The minimum Gasteiger partial charge on any atom is -0.484 e. The number of hydrogen-bond acceptors (Lipinski definition) is 6. The Morgan fingerprint density at radius 2 is 1.92 bits per heavy atom. The van der Waals surface area contributed by atoms with Crippen molar-refractivity contribution < 1.29 is 18.8 Å². The number of ether oxygens (including phenoxy) is 1. The van der Waals surface area contributed by atoms with Crippen molar-refractivity contribution in [1.29, 1.82) is 0 Å². The monoisotopic (exact) mass is 362 g/mol. The normalized spacial score (nSPS) is 10.2. The molecule has 0 saturated heterocycles. The number of rotatable bonds is 5. The van der Waals surface area contributed by atoms with Crippen molar-refractivity contribution in [1.82, 2.24) is 21.3 Å². The summed E-state index contributed by atoms with van der Waals surface area (Å²) in [6.45, 7) is 3.99. The third-order valence-electron chi connectivity index (χ3n) is 3.12. The molecule has 0 unspecified atom stereocenters. The summed E-state index contributed by atoms with van der Waals surface area (Å²) in [6.07, 6.45) is 1.33. The number of nitrogens with one attached hydrogen (secondary N) is 3. The molecule has 1 aromatic carbocycles. The fourth-order valence-corrected chi connectivity index (χ4v) is 1.93. The molecule has 25 heavy (non-hydrogen) atoms. The first-order valence-corrected chi connectivity index (χ1v) is 7.90. The smallest absolute Gasteiger partial charge is 0.296 e. The van der Waals surface area contributed by atoms with Gasteiger partial charge in [-0.3, -0.25) is 25.8 Å². The zero-order valence-electron chi connectivity index (χ0n) is 13.7. The Balaban J connectivity index is 1.69. The van der Waals surface area contributed by atoms with Crippen LogP contribution in [-0.4, -0.2) is 28.7 Å². The van der Waals surface area contributed by atoms with E-state index in [0.29, 0.717) is 11.7 Å². The van der Waals surface area contributed by atoms with Crippen LogP contribution in [0.5, 0.6) is 5.75 Å². The molecule has 1 aromatic heterocycles. The Morgan fingerprint density at radius 1 is 1.20 bits per heavy atom. The standard InChI is InChI=1S/C16H18N4O4S/c1-10(2)11-3-5-12(6-4-11)23-9-14(21)19-20-16(25)18-15(22)13-7-8-17-24-13/h3-8,10H,9H2,1-2H3,(H,19,21)(H2,18,20,22,25). The third-order valence-corrected chi connectivity index (χ3v) is 3.32. The van der Waals surface area contributed by atoms with E-state index in [1.54, 1.807) is 12.1 Å². The second-order valence-corrected chi connectivity index (χ2v) is 5.75. The van der Waals surface area contributed by atoms with Crippen molar-refractivity contribution in [3.8, 4) is 5.75 Å². The molecule has 8 nitrogen and oxygen atoms in total. The summed E-state index contributed by atoms with van der Waals surface area (Å²) >= 11 is 4.88. The second kappa shape index (κ2) is 8.78. The highest BCUT2D eigenvalue weighted by Crippen LogP contribution is 2.18. The van der Waals surface area contributed by atoms with Crippen LogP contribution in [-0.2, 0) is 4.79 Å². The summed E-state index contributed by atoms with van der Waals surface area (Å²) in [4.78, 5) is 23.3. The number of carbonyl (C=O) groups excluding carboxylic acids is 2. The van der Waals surface area contributed by atoms with Crippen molar-refractivity contribution in [3.63, 3.8) is 0 Å². The van der Waals surface area contributed by atoms with Gasteiger partial charge in [-0.2, -0.15) is 0 Å². The molecule has 0 aliphatic heterocycles. The van der Waals surface area contributed by atoms with E-state index >= 15 is 0 Å². The third kappa shape index (κ3) is 5.88. The van der Waals surface area contributed by atoms with Gasteiger partial charge >= 0.3 is 0 Å². The van der Waals surface area contributed by atoms with Crippen molar-refractivity contribution in [2.75, 3.05) is 6.61 Å². The molecule has 2 amide bonds. The molecule has 132 valence electrons. The Kier molecular flexibility index (Phi) is 6.47. The summed E-state index contributed by atoms with van der Waals surface area (Å²) in [5.74, 6) is -0.0194. The van der Waals surface area contributed by atoms with Crippen LogP contribution < -0.4 is 20.9 Å². The van der Waals surface area contributed by atoms with Crippen molar-refractivity contribution >= 4 is 29.1 Å². The van der Waals surface area contributed by atoms with Gasteiger partial charge in [-0.25, -0.2) is 0 Å². The molecule has 9 heteroatoms.